The summed E-state index contributed by atoms with van der Waals surface area (Å²) in [6.07, 6.45) is -0.425. The molecule has 0 unspecified atom stereocenters. The van der Waals surface area contributed by atoms with Crippen molar-refractivity contribution in [1.82, 2.24) is 0 Å². The summed E-state index contributed by atoms with van der Waals surface area (Å²) in [6, 6.07) is 7.52. The van der Waals surface area contributed by atoms with E-state index >= 15 is 0 Å². The van der Waals surface area contributed by atoms with Crippen molar-refractivity contribution >= 4 is 35.7 Å². The molecule has 0 aliphatic carbocycles. The highest BCUT2D eigenvalue weighted by molar-refractivity contribution is 5.95. The third-order valence-corrected chi connectivity index (χ3v) is 2.86. The van der Waals surface area contributed by atoms with Crippen molar-refractivity contribution in [3.8, 4) is 0 Å². The van der Waals surface area contributed by atoms with Gasteiger partial charge in [-0.05, 0) is 37.1 Å². The first-order chi connectivity index (χ1) is 9.43. The fourth-order valence-corrected chi connectivity index (χ4v) is 1.50. The molecule has 0 aliphatic heterocycles. The fraction of sp³-hybridized carbons (Fsp3) is 0.467. The summed E-state index contributed by atoms with van der Waals surface area (Å²) in [7, 11) is 3.70. The second-order valence-electron chi connectivity index (χ2n) is 4.99. The Morgan fingerprint density at radius 1 is 1.33 bits per heavy atom. The first-order valence-corrected chi connectivity index (χ1v) is 6.65. The molecule has 0 saturated heterocycles. The van der Waals surface area contributed by atoms with E-state index < -0.39 is 6.09 Å². The van der Waals surface area contributed by atoms with Crippen LogP contribution in [0.15, 0.2) is 29.3 Å². The second kappa shape index (κ2) is 9.23. The van der Waals surface area contributed by atoms with Gasteiger partial charge in [0, 0.05) is 25.5 Å². The molecule has 0 aliphatic rings. The van der Waals surface area contributed by atoms with Crippen molar-refractivity contribution < 1.29 is 9.53 Å². The summed E-state index contributed by atoms with van der Waals surface area (Å²) in [5.41, 5.74) is 1.72. The smallest absolute Gasteiger partial charge is 0.411 e. The van der Waals surface area contributed by atoms with Gasteiger partial charge in [-0.2, -0.15) is 0 Å². The predicted octanol–water partition coefficient (Wildman–Crippen LogP) is 3.80. The topological polar surface area (TPSA) is 53.9 Å². The second-order valence-corrected chi connectivity index (χ2v) is 4.99. The minimum atomic E-state index is -0.425. The Kier molecular flexibility index (Phi) is 8.47. The van der Waals surface area contributed by atoms with Crippen LogP contribution < -0.4 is 10.2 Å². The lowest BCUT2D eigenvalue weighted by Gasteiger charge is -2.18. The zero-order chi connectivity index (χ0) is 15.1. The van der Waals surface area contributed by atoms with Crippen LogP contribution in [-0.4, -0.2) is 32.6 Å². The Balaban J connectivity index is 0.00000400. The third kappa shape index (κ3) is 6.49. The van der Waals surface area contributed by atoms with E-state index in [0.29, 0.717) is 18.2 Å². The highest BCUT2D eigenvalue weighted by Gasteiger charge is 2.06. The van der Waals surface area contributed by atoms with Gasteiger partial charge in [-0.25, -0.2) is 4.79 Å². The largest absolute Gasteiger partial charge is 0.449 e. The number of hydrogen-bond donors (Lipinski definition) is 1. The lowest BCUT2D eigenvalue weighted by Crippen LogP contribution is -2.23. The molecule has 0 bridgehead atoms. The summed E-state index contributed by atoms with van der Waals surface area (Å²) in [4.78, 5) is 17.6. The molecule has 0 aromatic heterocycles. The Hall–Kier alpha value is -1.75. The summed E-state index contributed by atoms with van der Waals surface area (Å²) in [6.45, 7) is 6.35. The van der Waals surface area contributed by atoms with Gasteiger partial charge >= 0.3 is 6.09 Å². The van der Waals surface area contributed by atoms with Crippen LogP contribution in [0.5, 0.6) is 0 Å². The molecule has 0 fully saturated rings. The van der Waals surface area contributed by atoms with Crippen LogP contribution in [0, 0.1) is 5.92 Å². The van der Waals surface area contributed by atoms with E-state index in [4.69, 9.17) is 4.74 Å². The van der Waals surface area contributed by atoms with E-state index in [1.165, 1.54) is 0 Å². The Morgan fingerprint density at radius 3 is 2.38 bits per heavy atom. The minimum Gasteiger partial charge on any atom is -0.449 e. The summed E-state index contributed by atoms with van der Waals surface area (Å²) in [5.74, 6) is 1.25. The van der Waals surface area contributed by atoms with Crippen molar-refractivity contribution in [3.63, 3.8) is 0 Å². The molecule has 0 heterocycles. The van der Waals surface area contributed by atoms with Gasteiger partial charge in [-0.3, -0.25) is 10.3 Å². The van der Waals surface area contributed by atoms with Gasteiger partial charge < -0.3 is 9.64 Å². The highest BCUT2D eigenvalue weighted by atomic mass is 35.5. The molecule has 0 radical (unpaired) electrons. The van der Waals surface area contributed by atoms with E-state index in [9.17, 15) is 4.79 Å². The van der Waals surface area contributed by atoms with Gasteiger partial charge in [-0.1, -0.05) is 13.8 Å². The van der Waals surface area contributed by atoms with Crippen molar-refractivity contribution in [2.75, 3.05) is 30.9 Å². The minimum absolute atomic E-state index is 0. The number of amides is 1. The van der Waals surface area contributed by atoms with Gasteiger partial charge in [0.05, 0.1) is 12.4 Å². The number of halogens is 1. The third-order valence-electron chi connectivity index (χ3n) is 2.86. The molecule has 1 aromatic carbocycles. The van der Waals surface area contributed by atoms with Gasteiger partial charge in [0.25, 0.3) is 0 Å². The zero-order valence-electron chi connectivity index (χ0n) is 13.2. The standard InChI is InChI=1S/C15H23N3O2.ClH/c1-11(2)10-20-15(19)17-13-6-8-14(9-7-13)18(5)12(3)16-4;/h6-9,11H,10H2,1-5H3,(H,17,19);1H. The number of hydrogen-bond acceptors (Lipinski definition) is 3. The van der Waals surface area contributed by atoms with Crippen LogP contribution in [0.2, 0.25) is 0 Å². The predicted molar refractivity (Wildman–Crippen MR) is 90.9 cm³/mol. The average molecular weight is 314 g/mol. The maximum absolute atomic E-state index is 11.5. The number of benzene rings is 1. The summed E-state index contributed by atoms with van der Waals surface area (Å²) in [5, 5.41) is 2.70. The molecule has 0 atom stereocenters. The van der Waals surface area contributed by atoms with Crippen LogP contribution in [0.25, 0.3) is 0 Å². The SMILES string of the molecule is CN=C(C)N(C)c1ccc(NC(=O)OCC(C)C)cc1.Cl. The van der Waals surface area contributed by atoms with E-state index in [1.54, 1.807) is 7.05 Å². The molecular weight excluding hydrogens is 290 g/mol. The number of carbonyl (C=O) groups excluding carboxylic acids is 1. The number of nitrogens with one attached hydrogen (secondary N) is 1. The number of carbonyl (C=O) groups is 1. The maximum Gasteiger partial charge on any atom is 0.411 e. The fourth-order valence-electron chi connectivity index (χ4n) is 1.50. The number of rotatable bonds is 4. The van der Waals surface area contributed by atoms with E-state index in [0.717, 1.165) is 11.5 Å². The number of anilines is 2. The van der Waals surface area contributed by atoms with Gasteiger partial charge in [0.2, 0.25) is 0 Å². The van der Waals surface area contributed by atoms with Crippen LogP contribution in [0.1, 0.15) is 20.8 Å². The molecule has 118 valence electrons. The monoisotopic (exact) mass is 313 g/mol. The highest BCUT2D eigenvalue weighted by Crippen LogP contribution is 2.17. The van der Waals surface area contributed by atoms with Gasteiger partial charge in [0.1, 0.15) is 0 Å². The molecule has 21 heavy (non-hydrogen) atoms. The Bertz CT molecular complexity index is 472. The summed E-state index contributed by atoms with van der Waals surface area (Å²) >= 11 is 0. The Morgan fingerprint density at radius 2 is 1.90 bits per heavy atom. The first-order valence-electron chi connectivity index (χ1n) is 6.65. The van der Waals surface area contributed by atoms with Crippen molar-refractivity contribution in [1.29, 1.82) is 0 Å². The zero-order valence-corrected chi connectivity index (χ0v) is 14.0. The first kappa shape index (κ1) is 19.2. The Labute approximate surface area is 132 Å². The van der Waals surface area contributed by atoms with Crippen LogP contribution >= 0.6 is 12.4 Å². The van der Waals surface area contributed by atoms with E-state index in [-0.39, 0.29) is 12.4 Å². The number of nitrogens with zero attached hydrogens (tertiary/aromatic N) is 2. The molecule has 0 saturated carbocycles. The van der Waals surface area contributed by atoms with Crippen LogP contribution in [0.4, 0.5) is 16.2 Å². The molecule has 1 rings (SSSR count). The van der Waals surface area contributed by atoms with E-state index in [1.807, 2.05) is 57.0 Å². The molecule has 5 nitrogen and oxygen atoms in total. The van der Waals surface area contributed by atoms with E-state index in [2.05, 4.69) is 10.3 Å². The molecule has 0 spiro atoms. The number of ether oxygens (including phenoxy) is 1. The van der Waals surface area contributed by atoms with Gasteiger partial charge in [-0.15, -0.1) is 12.4 Å². The molecule has 1 aromatic rings. The quantitative estimate of drug-likeness (QED) is 0.679. The summed E-state index contributed by atoms with van der Waals surface area (Å²) < 4.78 is 5.06. The molecule has 1 amide bonds. The number of aliphatic imine (C=N–C) groups is 1. The van der Waals surface area contributed by atoms with Crippen molar-refractivity contribution in [3.05, 3.63) is 24.3 Å². The average Bonchev–Trinajstić information content (AvgIpc) is 2.44. The molecular formula is C15H24ClN3O2. The van der Waals surface area contributed by atoms with Crippen molar-refractivity contribution in [2.24, 2.45) is 10.9 Å². The van der Waals surface area contributed by atoms with Crippen LogP contribution in [0.3, 0.4) is 0 Å². The molecule has 1 N–H and O–H groups in total. The van der Waals surface area contributed by atoms with Gasteiger partial charge in [0.15, 0.2) is 0 Å². The molecule has 6 heteroatoms. The normalized spacial score (nSPS) is 10.9. The lowest BCUT2D eigenvalue weighted by molar-refractivity contribution is 0.147. The maximum atomic E-state index is 11.5. The number of amidine groups is 1. The van der Waals surface area contributed by atoms with Crippen LogP contribution in [-0.2, 0) is 4.74 Å². The van der Waals surface area contributed by atoms with Crippen molar-refractivity contribution in [2.45, 2.75) is 20.8 Å². The lowest BCUT2D eigenvalue weighted by atomic mass is 10.2.